The quantitative estimate of drug-likeness (QED) is 0.892. The maximum absolute atomic E-state index is 11.2. The van der Waals surface area contributed by atoms with Crippen molar-refractivity contribution < 1.29 is 19.4 Å². The van der Waals surface area contributed by atoms with Gasteiger partial charge in [0.05, 0.1) is 18.2 Å². The molecule has 6 heteroatoms. The largest absolute Gasteiger partial charge is 0.489 e. The second-order valence-electron chi connectivity index (χ2n) is 4.41. The van der Waals surface area contributed by atoms with Crippen LogP contribution >= 0.6 is 11.6 Å². The van der Waals surface area contributed by atoms with Crippen LogP contribution in [-0.2, 0) is 0 Å². The minimum atomic E-state index is -1.02. The number of rotatable bonds is 2. The van der Waals surface area contributed by atoms with Crippen LogP contribution in [0.2, 0.25) is 5.02 Å². The summed E-state index contributed by atoms with van der Waals surface area (Å²) in [6.45, 7) is 1.10. The highest BCUT2D eigenvalue weighted by Gasteiger charge is 2.19. The van der Waals surface area contributed by atoms with Crippen molar-refractivity contribution in [1.29, 1.82) is 0 Å². The van der Waals surface area contributed by atoms with Crippen LogP contribution < -0.4 is 9.47 Å². The van der Waals surface area contributed by atoms with Crippen molar-refractivity contribution in [1.82, 2.24) is 4.98 Å². The predicted octanol–water partition coefficient (Wildman–Crippen LogP) is 3.19. The third kappa shape index (κ3) is 2.20. The van der Waals surface area contributed by atoms with Crippen LogP contribution in [0, 0.1) is 0 Å². The van der Waals surface area contributed by atoms with Gasteiger partial charge in [-0.15, -0.1) is 0 Å². The van der Waals surface area contributed by atoms with E-state index in [4.69, 9.17) is 26.2 Å². The van der Waals surface area contributed by atoms with E-state index in [0.717, 1.165) is 6.42 Å². The van der Waals surface area contributed by atoms with Gasteiger partial charge in [-0.2, -0.15) is 0 Å². The number of hydrogen-bond donors (Lipinski definition) is 2. The summed E-state index contributed by atoms with van der Waals surface area (Å²) in [4.78, 5) is 13.9. The molecule has 0 atom stereocenters. The van der Waals surface area contributed by atoms with E-state index < -0.39 is 5.97 Å². The van der Waals surface area contributed by atoms with Crippen LogP contribution in [0.5, 0.6) is 11.5 Å². The van der Waals surface area contributed by atoms with Crippen molar-refractivity contribution in [3.05, 3.63) is 35.1 Å². The molecule has 1 aliphatic rings. The standard InChI is InChI=1S/C14H12ClNO4/c15-10-6-8(9-2-3-16-12(9)14(17)18)7-11-13(10)20-5-1-4-19-11/h2-3,6-7,16H,1,4-5H2,(H,17,18). The molecule has 2 N–H and O–H groups in total. The third-order valence-corrected chi connectivity index (χ3v) is 3.35. The van der Waals surface area contributed by atoms with Gasteiger partial charge in [0, 0.05) is 18.2 Å². The topological polar surface area (TPSA) is 71.5 Å². The fraction of sp³-hybridized carbons (Fsp3) is 0.214. The van der Waals surface area contributed by atoms with Gasteiger partial charge in [0.25, 0.3) is 0 Å². The van der Waals surface area contributed by atoms with Crippen LogP contribution in [0.15, 0.2) is 24.4 Å². The van der Waals surface area contributed by atoms with Crippen LogP contribution in [-0.4, -0.2) is 29.3 Å². The van der Waals surface area contributed by atoms with Gasteiger partial charge in [-0.05, 0) is 23.8 Å². The van der Waals surface area contributed by atoms with Gasteiger partial charge < -0.3 is 19.6 Å². The Labute approximate surface area is 120 Å². The summed E-state index contributed by atoms with van der Waals surface area (Å²) in [7, 11) is 0. The minimum Gasteiger partial charge on any atom is -0.489 e. The van der Waals surface area contributed by atoms with E-state index >= 15 is 0 Å². The van der Waals surface area contributed by atoms with E-state index in [0.29, 0.717) is 40.9 Å². The van der Waals surface area contributed by atoms with Crippen LogP contribution in [0.1, 0.15) is 16.9 Å². The number of aromatic amines is 1. The second kappa shape index (κ2) is 5.09. The molecule has 1 aromatic heterocycles. The number of hydrogen-bond acceptors (Lipinski definition) is 3. The van der Waals surface area contributed by atoms with Crippen LogP contribution in [0.4, 0.5) is 0 Å². The third-order valence-electron chi connectivity index (χ3n) is 3.07. The Morgan fingerprint density at radius 2 is 2.10 bits per heavy atom. The monoisotopic (exact) mass is 293 g/mol. The van der Waals surface area contributed by atoms with Gasteiger partial charge >= 0.3 is 5.97 Å². The molecule has 2 heterocycles. The number of H-pyrrole nitrogens is 1. The molecule has 1 aromatic carbocycles. The minimum absolute atomic E-state index is 0.121. The lowest BCUT2D eigenvalue weighted by Gasteiger charge is -2.11. The van der Waals surface area contributed by atoms with Crippen molar-refractivity contribution in [3.8, 4) is 22.6 Å². The summed E-state index contributed by atoms with van der Waals surface area (Å²) in [5.41, 5.74) is 1.36. The molecule has 0 spiro atoms. The lowest BCUT2D eigenvalue weighted by Crippen LogP contribution is -1.99. The number of halogens is 1. The van der Waals surface area contributed by atoms with E-state index in [1.54, 1.807) is 24.4 Å². The summed E-state index contributed by atoms with van der Waals surface area (Å²) in [5.74, 6) is 0.0381. The molecule has 3 rings (SSSR count). The van der Waals surface area contributed by atoms with Crippen LogP contribution in [0.25, 0.3) is 11.1 Å². The number of carboxylic acids is 1. The number of aromatic carboxylic acids is 1. The fourth-order valence-electron chi connectivity index (χ4n) is 2.17. The maximum atomic E-state index is 11.2. The number of fused-ring (bicyclic) bond motifs is 1. The Bertz CT molecular complexity index is 665. The molecule has 0 bridgehead atoms. The van der Waals surface area contributed by atoms with E-state index in [2.05, 4.69) is 4.98 Å². The number of benzene rings is 1. The summed E-state index contributed by atoms with van der Waals surface area (Å²) in [6.07, 6.45) is 2.36. The number of nitrogens with one attached hydrogen (secondary N) is 1. The molecule has 0 amide bonds. The smallest absolute Gasteiger partial charge is 0.352 e. The van der Waals surface area contributed by atoms with Crippen molar-refractivity contribution in [2.45, 2.75) is 6.42 Å². The molecular formula is C14H12ClNO4. The van der Waals surface area contributed by atoms with Gasteiger partial charge in [-0.1, -0.05) is 11.6 Å². The molecular weight excluding hydrogens is 282 g/mol. The summed E-state index contributed by atoms with van der Waals surface area (Å²) < 4.78 is 11.1. The summed E-state index contributed by atoms with van der Waals surface area (Å²) >= 11 is 6.21. The average molecular weight is 294 g/mol. The lowest BCUT2D eigenvalue weighted by atomic mass is 10.1. The highest BCUT2D eigenvalue weighted by molar-refractivity contribution is 6.32. The molecule has 0 unspecified atom stereocenters. The van der Waals surface area contributed by atoms with Gasteiger partial charge in [0.2, 0.25) is 0 Å². The van der Waals surface area contributed by atoms with E-state index in [-0.39, 0.29) is 5.69 Å². The van der Waals surface area contributed by atoms with E-state index in [9.17, 15) is 4.79 Å². The highest BCUT2D eigenvalue weighted by atomic mass is 35.5. The zero-order valence-electron chi connectivity index (χ0n) is 10.5. The van der Waals surface area contributed by atoms with Crippen molar-refractivity contribution in [2.75, 3.05) is 13.2 Å². The predicted molar refractivity (Wildman–Crippen MR) is 73.8 cm³/mol. The Balaban J connectivity index is 2.11. The van der Waals surface area contributed by atoms with Crippen LogP contribution in [0.3, 0.4) is 0 Å². The van der Waals surface area contributed by atoms with Gasteiger partial charge in [0.15, 0.2) is 11.5 Å². The fourth-order valence-corrected chi connectivity index (χ4v) is 2.44. The molecule has 1 aliphatic heterocycles. The first kappa shape index (κ1) is 12.9. The molecule has 2 aromatic rings. The Morgan fingerprint density at radius 3 is 2.90 bits per heavy atom. The Hall–Kier alpha value is -2.14. The molecule has 104 valence electrons. The number of carboxylic acid groups (broad SMARTS) is 1. The van der Waals surface area contributed by atoms with E-state index in [1.807, 2.05) is 0 Å². The molecule has 0 fully saturated rings. The Kier molecular flexibility index (Phi) is 3.28. The molecule has 0 radical (unpaired) electrons. The number of ether oxygens (including phenoxy) is 2. The summed E-state index contributed by atoms with van der Waals surface area (Å²) in [5, 5.41) is 9.56. The van der Waals surface area contributed by atoms with E-state index in [1.165, 1.54) is 0 Å². The maximum Gasteiger partial charge on any atom is 0.352 e. The van der Waals surface area contributed by atoms with Crippen molar-refractivity contribution >= 4 is 17.6 Å². The SMILES string of the molecule is O=C(O)c1[nH]ccc1-c1cc(Cl)c2c(c1)OCCCO2. The number of carbonyl (C=O) groups is 1. The first-order valence-electron chi connectivity index (χ1n) is 6.17. The molecule has 5 nitrogen and oxygen atoms in total. The van der Waals surface area contributed by atoms with Gasteiger partial charge in [-0.3, -0.25) is 0 Å². The van der Waals surface area contributed by atoms with Crippen molar-refractivity contribution in [3.63, 3.8) is 0 Å². The first-order valence-corrected chi connectivity index (χ1v) is 6.55. The van der Waals surface area contributed by atoms with Gasteiger partial charge in [0.1, 0.15) is 5.69 Å². The molecule has 20 heavy (non-hydrogen) atoms. The normalized spacial score (nSPS) is 13.8. The first-order chi connectivity index (χ1) is 9.66. The number of aromatic nitrogens is 1. The second-order valence-corrected chi connectivity index (χ2v) is 4.81. The molecule has 0 saturated carbocycles. The Morgan fingerprint density at radius 1 is 1.30 bits per heavy atom. The molecule has 0 saturated heterocycles. The molecule has 0 aliphatic carbocycles. The van der Waals surface area contributed by atoms with Gasteiger partial charge in [-0.25, -0.2) is 4.79 Å². The highest BCUT2D eigenvalue weighted by Crippen LogP contribution is 2.41. The summed E-state index contributed by atoms with van der Waals surface area (Å²) in [6, 6.07) is 5.13. The average Bonchev–Trinajstić information content (AvgIpc) is 2.78. The zero-order chi connectivity index (χ0) is 14.1. The van der Waals surface area contributed by atoms with Crippen molar-refractivity contribution in [2.24, 2.45) is 0 Å². The lowest BCUT2D eigenvalue weighted by molar-refractivity contribution is 0.0692. The zero-order valence-corrected chi connectivity index (χ0v) is 11.2.